The van der Waals surface area contributed by atoms with E-state index in [1.54, 1.807) is 24.3 Å². The molecule has 1 heterocycles. The fourth-order valence-electron chi connectivity index (χ4n) is 2.46. The van der Waals surface area contributed by atoms with Crippen LogP contribution in [0.5, 0.6) is 0 Å². The molecule has 0 amide bonds. The van der Waals surface area contributed by atoms with Crippen molar-refractivity contribution in [3.63, 3.8) is 0 Å². The molecule has 134 valence electrons. The minimum Gasteiger partial charge on any atom is -0.311 e. The van der Waals surface area contributed by atoms with Gasteiger partial charge in [0.25, 0.3) is 5.69 Å². The van der Waals surface area contributed by atoms with Crippen LogP contribution in [0.15, 0.2) is 66.2 Å². The van der Waals surface area contributed by atoms with Crippen molar-refractivity contribution in [2.75, 3.05) is 37.7 Å². The number of benzene rings is 1. The van der Waals surface area contributed by atoms with Crippen molar-refractivity contribution < 1.29 is 4.92 Å². The van der Waals surface area contributed by atoms with Gasteiger partial charge in [-0.3, -0.25) is 15.0 Å². The lowest BCUT2D eigenvalue weighted by molar-refractivity contribution is -0.387. The highest BCUT2D eigenvalue weighted by atomic mass is 32.2. The van der Waals surface area contributed by atoms with E-state index in [4.69, 9.17) is 0 Å². The summed E-state index contributed by atoms with van der Waals surface area (Å²) >= 11 is 3.36. The van der Waals surface area contributed by atoms with E-state index in [-0.39, 0.29) is 10.6 Å². The van der Waals surface area contributed by atoms with Gasteiger partial charge in [-0.05, 0) is 30.2 Å². The molecule has 2 rings (SSSR count). The second-order valence-corrected chi connectivity index (χ2v) is 7.69. The molecule has 0 spiro atoms. The largest absolute Gasteiger partial charge is 0.311 e. The molecule has 0 radical (unpaired) electrons. The van der Waals surface area contributed by atoms with Gasteiger partial charge in [-0.25, -0.2) is 0 Å². The maximum atomic E-state index is 11.3. The number of hydrogen-bond acceptors (Lipinski definition) is 6. The van der Waals surface area contributed by atoms with Gasteiger partial charge in [0.2, 0.25) is 0 Å². The van der Waals surface area contributed by atoms with Crippen LogP contribution in [0.3, 0.4) is 0 Å². The average molecular weight is 378 g/mol. The van der Waals surface area contributed by atoms with Crippen molar-refractivity contribution in [2.24, 2.45) is 0 Å². The Bertz CT molecular complexity index is 643. The van der Waals surface area contributed by atoms with Gasteiger partial charge in [-0.15, -0.1) is 0 Å². The van der Waals surface area contributed by atoms with Gasteiger partial charge in [0, 0.05) is 49.4 Å². The van der Waals surface area contributed by atoms with E-state index in [1.807, 2.05) is 23.9 Å². The summed E-state index contributed by atoms with van der Waals surface area (Å²) in [6, 6.07) is 6.82. The fourth-order valence-corrected chi connectivity index (χ4v) is 4.47. The lowest BCUT2D eigenvalue weighted by Gasteiger charge is -2.30. The summed E-state index contributed by atoms with van der Waals surface area (Å²) < 4.78 is 2.05. The molecule has 0 unspecified atom stereocenters. The number of thioether (sulfide) groups is 1. The molecule has 1 aliphatic heterocycles. The topological polar surface area (TPSA) is 49.6 Å². The standard InChI is InChI=1S/C18H23N3O2S2/c1-3-7-16(4-2)20(11-10-19-12-14-24-15-13-19)25-18-9-6-5-8-17(18)21(22)23/h3-9H,1-2,10-15H2/b16-7+. The number of rotatable bonds is 9. The van der Waals surface area contributed by atoms with Crippen molar-refractivity contribution >= 4 is 29.4 Å². The minimum absolute atomic E-state index is 0.119. The SMILES string of the molecule is C=C/C=C(\C=C)N(CCN1CCSCC1)Sc1ccccc1[N+](=O)[O-]. The number of nitrogens with zero attached hydrogens (tertiary/aromatic N) is 3. The highest BCUT2D eigenvalue weighted by Crippen LogP contribution is 2.33. The molecule has 0 aliphatic carbocycles. The predicted octanol–water partition coefficient (Wildman–Crippen LogP) is 4.21. The second-order valence-electron chi connectivity index (χ2n) is 5.40. The molecule has 0 saturated carbocycles. The first kappa shape index (κ1) is 19.6. The van der Waals surface area contributed by atoms with Crippen molar-refractivity contribution in [3.05, 3.63) is 71.5 Å². The lowest BCUT2D eigenvalue weighted by atomic mass is 10.3. The third-order valence-electron chi connectivity index (χ3n) is 3.78. The molecule has 7 heteroatoms. The first-order chi connectivity index (χ1) is 12.2. The summed E-state index contributed by atoms with van der Waals surface area (Å²) in [7, 11) is 0. The van der Waals surface area contributed by atoms with E-state index in [0.29, 0.717) is 4.90 Å². The Morgan fingerprint density at radius 2 is 2.08 bits per heavy atom. The molecule has 0 N–H and O–H groups in total. The van der Waals surface area contributed by atoms with Gasteiger partial charge in [0.15, 0.2) is 0 Å². The molecule has 5 nitrogen and oxygen atoms in total. The van der Waals surface area contributed by atoms with Crippen LogP contribution in [0.4, 0.5) is 5.69 Å². The van der Waals surface area contributed by atoms with Crippen LogP contribution in [0, 0.1) is 10.1 Å². The summed E-state index contributed by atoms with van der Waals surface area (Å²) in [5, 5.41) is 11.3. The summed E-state index contributed by atoms with van der Waals surface area (Å²) in [6.07, 6.45) is 5.35. The van der Waals surface area contributed by atoms with E-state index < -0.39 is 0 Å². The molecule has 1 aliphatic rings. The van der Waals surface area contributed by atoms with Gasteiger partial charge in [0.05, 0.1) is 4.92 Å². The molecular formula is C18H23N3O2S2. The fraction of sp³-hybridized carbons (Fsp3) is 0.333. The summed E-state index contributed by atoms with van der Waals surface area (Å²) in [4.78, 5) is 14.0. The number of allylic oxidation sites excluding steroid dienone is 3. The maximum Gasteiger partial charge on any atom is 0.284 e. The van der Waals surface area contributed by atoms with E-state index in [0.717, 1.165) is 43.4 Å². The quantitative estimate of drug-likeness (QED) is 0.278. The molecule has 1 fully saturated rings. The molecule has 0 atom stereocenters. The van der Waals surface area contributed by atoms with E-state index >= 15 is 0 Å². The Labute approximate surface area is 157 Å². The first-order valence-corrected chi connectivity index (χ1v) is 10.0. The van der Waals surface area contributed by atoms with Crippen LogP contribution in [-0.2, 0) is 0 Å². The van der Waals surface area contributed by atoms with E-state index in [1.165, 1.54) is 18.0 Å². The van der Waals surface area contributed by atoms with E-state index in [2.05, 4.69) is 22.4 Å². The summed E-state index contributed by atoms with van der Waals surface area (Å²) in [5.74, 6) is 2.32. The number of nitro benzene ring substituents is 1. The van der Waals surface area contributed by atoms with Gasteiger partial charge < -0.3 is 4.31 Å². The highest BCUT2D eigenvalue weighted by molar-refractivity contribution is 7.99. The molecule has 1 aromatic carbocycles. The molecule has 0 aromatic heterocycles. The second kappa shape index (κ2) is 10.3. The maximum absolute atomic E-state index is 11.3. The van der Waals surface area contributed by atoms with Crippen molar-refractivity contribution in [2.45, 2.75) is 4.90 Å². The predicted molar refractivity (Wildman–Crippen MR) is 108 cm³/mol. The molecule has 0 bridgehead atoms. The van der Waals surface area contributed by atoms with Crippen molar-refractivity contribution in [1.29, 1.82) is 0 Å². The van der Waals surface area contributed by atoms with Crippen LogP contribution >= 0.6 is 23.7 Å². The zero-order chi connectivity index (χ0) is 18.1. The van der Waals surface area contributed by atoms with Crippen molar-refractivity contribution in [1.82, 2.24) is 9.21 Å². The van der Waals surface area contributed by atoms with Crippen LogP contribution < -0.4 is 0 Å². The minimum atomic E-state index is -0.340. The normalized spacial score (nSPS) is 15.6. The monoisotopic (exact) mass is 377 g/mol. The Hall–Kier alpha value is -1.70. The third-order valence-corrected chi connectivity index (χ3v) is 5.88. The first-order valence-electron chi connectivity index (χ1n) is 8.10. The van der Waals surface area contributed by atoms with Crippen LogP contribution in [0.25, 0.3) is 0 Å². The van der Waals surface area contributed by atoms with Crippen molar-refractivity contribution in [3.8, 4) is 0 Å². The number of nitro groups is 1. The highest BCUT2D eigenvalue weighted by Gasteiger charge is 2.19. The summed E-state index contributed by atoms with van der Waals surface area (Å²) in [5.41, 5.74) is 1.01. The zero-order valence-corrected chi connectivity index (χ0v) is 15.8. The van der Waals surface area contributed by atoms with Crippen LogP contribution in [-0.4, -0.2) is 51.8 Å². The van der Waals surface area contributed by atoms with Gasteiger partial charge in [-0.1, -0.05) is 31.4 Å². The Kier molecular flexibility index (Phi) is 8.11. The number of para-hydroxylation sites is 1. The van der Waals surface area contributed by atoms with Gasteiger partial charge in [-0.2, -0.15) is 11.8 Å². The average Bonchev–Trinajstić information content (AvgIpc) is 2.64. The van der Waals surface area contributed by atoms with Gasteiger partial charge in [0.1, 0.15) is 4.90 Å². The van der Waals surface area contributed by atoms with Crippen LogP contribution in [0.1, 0.15) is 0 Å². The van der Waals surface area contributed by atoms with Crippen LogP contribution in [0.2, 0.25) is 0 Å². The molecular weight excluding hydrogens is 354 g/mol. The third kappa shape index (κ3) is 5.95. The van der Waals surface area contributed by atoms with Gasteiger partial charge >= 0.3 is 0 Å². The van der Waals surface area contributed by atoms with E-state index in [9.17, 15) is 10.1 Å². The zero-order valence-electron chi connectivity index (χ0n) is 14.2. The Morgan fingerprint density at radius 1 is 1.36 bits per heavy atom. The lowest BCUT2D eigenvalue weighted by Crippen LogP contribution is -2.37. The Morgan fingerprint density at radius 3 is 2.72 bits per heavy atom. The molecule has 25 heavy (non-hydrogen) atoms. The molecule has 1 saturated heterocycles. The number of hydrogen-bond donors (Lipinski definition) is 0. The smallest absolute Gasteiger partial charge is 0.284 e. The molecule has 1 aromatic rings. The Balaban J connectivity index is 2.16. The summed E-state index contributed by atoms with van der Waals surface area (Å²) in [6.45, 7) is 11.5.